The maximum Gasteiger partial charge on any atom is 0.145 e. The molecule has 2 aliphatic carbocycles. The van der Waals surface area contributed by atoms with Crippen molar-refractivity contribution in [3.05, 3.63) is 11.6 Å². The highest BCUT2D eigenvalue weighted by Gasteiger charge is 2.37. The van der Waals surface area contributed by atoms with E-state index in [4.69, 9.17) is 0 Å². The SMILES string of the molecule is CC12CC=C(C=O)CC1CCCC2. The second-order valence-electron chi connectivity index (χ2n) is 4.90. The molecule has 2 rings (SSSR count). The van der Waals surface area contributed by atoms with E-state index in [-0.39, 0.29) is 0 Å². The molecule has 2 aliphatic rings. The molecule has 0 aliphatic heterocycles. The molecule has 1 saturated carbocycles. The summed E-state index contributed by atoms with van der Waals surface area (Å²) in [6.07, 6.45) is 10.8. The van der Waals surface area contributed by atoms with Gasteiger partial charge in [0.15, 0.2) is 0 Å². The third kappa shape index (κ3) is 1.56. The number of carbonyl (C=O) groups excluding carboxylic acids is 1. The number of carbonyl (C=O) groups is 1. The number of allylic oxidation sites excluding steroid dienone is 2. The largest absolute Gasteiger partial charge is 0.298 e. The van der Waals surface area contributed by atoms with E-state index in [2.05, 4.69) is 13.0 Å². The van der Waals surface area contributed by atoms with Crippen LogP contribution in [-0.2, 0) is 4.79 Å². The Balaban J connectivity index is 2.17. The van der Waals surface area contributed by atoms with Crippen LogP contribution in [0.1, 0.15) is 45.4 Å². The van der Waals surface area contributed by atoms with Gasteiger partial charge >= 0.3 is 0 Å². The molecule has 0 spiro atoms. The molecule has 2 unspecified atom stereocenters. The Kier molecular flexibility index (Phi) is 2.27. The van der Waals surface area contributed by atoms with E-state index in [1.165, 1.54) is 25.7 Å². The van der Waals surface area contributed by atoms with Crippen molar-refractivity contribution in [3.63, 3.8) is 0 Å². The number of hydrogen-bond donors (Lipinski definition) is 0. The fraction of sp³-hybridized carbons (Fsp3) is 0.750. The van der Waals surface area contributed by atoms with Crippen molar-refractivity contribution in [2.45, 2.75) is 45.4 Å². The molecule has 0 radical (unpaired) electrons. The molecule has 0 heterocycles. The highest BCUT2D eigenvalue weighted by Crippen LogP contribution is 2.49. The molecule has 0 bridgehead atoms. The van der Waals surface area contributed by atoms with E-state index < -0.39 is 0 Å². The Hall–Kier alpha value is -0.590. The third-order valence-corrected chi connectivity index (χ3v) is 4.00. The quantitative estimate of drug-likeness (QED) is 0.564. The maximum absolute atomic E-state index is 10.7. The summed E-state index contributed by atoms with van der Waals surface area (Å²) in [6.45, 7) is 2.40. The summed E-state index contributed by atoms with van der Waals surface area (Å²) in [5, 5.41) is 0. The minimum Gasteiger partial charge on any atom is -0.298 e. The van der Waals surface area contributed by atoms with Gasteiger partial charge in [0.25, 0.3) is 0 Å². The Labute approximate surface area is 80.2 Å². The van der Waals surface area contributed by atoms with Gasteiger partial charge in [0.2, 0.25) is 0 Å². The zero-order valence-electron chi connectivity index (χ0n) is 8.38. The molecule has 1 heteroatoms. The standard InChI is InChI=1S/C12H18O/c1-12-6-3-2-4-11(12)8-10(9-13)5-7-12/h5,9,11H,2-4,6-8H2,1H3. The topological polar surface area (TPSA) is 17.1 Å². The first-order chi connectivity index (χ1) is 6.24. The molecule has 2 atom stereocenters. The molecule has 0 N–H and O–H groups in total. The van der Waals surface area contributed by atoms with E-state index in [1.54, 1.807) is 0 Å². The monoisotopic (exact) mass is 178 g/mol. The van der Waals surface area contributed by atoms with Crippen LogP contribution in [0.2, 0.25) is 0 Å². The van der Waals surface area contributed by atoms with Crippen LogP contribution in [-0.4, -0.2) is 6.29 Å². The summed E-state index contributed by atoms with van der Waals surface area (Å²) in [7, 11) is 0. The Morgan fingerprint density at radius 2 is 2.38 bits per heavy atom. The Bertz CT molecular complexity index is 242. The first-order valence-electron chi connectivity index (χ1n) is 5.39. The van der Waals surface area contributed by atoms with Crippen molar-refractivity contribution in [2.75, 3.05) is 0 Å². The molecule has 0 amide bonds. The van der Waals surface area contributed by atoms with Crippen LogP contribution in [0.15, 0.2) is 11.6 Å². The predicted molar refractivity (Wildman–Crippen MR) is 53.4 cm³/mol. The second-order valence-corrected chi connectivity index (χ2v) is 4.90. The normalized spacial score (nSPS) is 39.2. The summed E-state index contributed by atoms with van der Waals surface area (Å²) in [6, 6.07) is 0. The van der Waals surface area contributed by atoms with Gasteiger partial charge in [-0.15, -0.1) is 0 Å². The zero-order chi connectivity index (χ0) is 9.31. The van der Waals surface area contributed by atoms with Crippen molar-refractivity contribution >= 4 is 6.29 Å². The summed E-state index contributed by atoms with van der Waals surface area (Å²) in [4.78, 5) is 10.7. The van der Waals surface area contributed by atoms with E-state index >= 15 is 0 Å². The molecule has 1 fully saturated rings. The van der Waals surface area contributed by atoms with Gasteiger partial charge < -0.3 is 0 Å². The lowest BCUT2D eigenvalue weighted by Gasteiger charge is -2.43. The predicted octanol–water partition coefficient (Wildman–Crippen LogP) is 3.10. The first kappa shape index (κ1) is 8.98. The number of aldehydes is 1. The lowest BCUT2D eigenvalue weighted by Crippen LogP contribution is -2.33. The Morgan fingerprint density at radius 3 is 3.15 bits per heavy atom. The van der Waals surface area contributed by atoms with Crippen LogP contribution >= 0.6 is 0 Å². The van der Waals surface area contributed by atoms with Crippen LogP contribution in [0.5, 0.6) is 0 Å². The van der Waals surface area contributed by atoms with Crippen LogP contribution in [0.25, 0.3) is 0 Å². The molecule has 0 aromatic carbocycles. The van der Waals surface area contributed by atoms with Gasteiger partial charge in [0.05, 0.1) is 0 Å². The van der Waals surface area contributed by atoms with Gasteiger partial charge in [-0.05, 0) is 42.6 Å². The van der Waals surface area contributed by atoms with Gasteiger partial charge in [0, 0.05) is 0 Å². The van der Waals surface area contributed by atoms with E-state index in [0.717, 1.165) is 30.6 Å². The first-order valence-corrected chi connectivity index (χ1v) is 5.39. The molecule has 72 valence electrons. The summed E-state index contributed by atoms with van der Waals surface area (Å²) in [5.41, 5.74) is 1.56. The van der Waals surface area contributed by atoms with Crippen molar-refractivity contribution < 1.29 is 4.79 Å². The molecule has 0 aromatic rings. The third-order valence-electron chi connectivity index (χ3n) is 4.00. The van der Waals surface area contributed by atoms with Crippen LogP contribution < -0.4 is 0 Å². The summed E-state index contributed by atoms with van der Waals surface area (Å²) in [5.74, 6) is 0.784. The van der Waals surface area contributed by atoms with E-state index in [1.807, 2.05) is 0 Å². The summed E-state index contributed by atoms with van der Waals surface area (Å²) < 4.78 is 0. The molecular weight excluding hydrogens is 160 g/mol. The molecular formula is C12H18O. The van der Waals surface area contributed by atoms with Crippen molar-refractivity contribution in [2.24, 2.45) is 11.3 Å². The van der Waals surface area contributed by atoms with Gasteiger partial charge in [-0.1, -0.05) is 25.8 Å². The lowest BCUT2D eigenvalue weighted by molar-refractivity contribution is -0.105. The van der Waals surface area contributed by atoms with Crippen molar-refractivity contribution in [1.82, 2.24) is 0 Å². The average Bonchev–Trinajstić information content (AvgIpc) is 2.16. The van der Waals surface area contributed by atoms with Crippen LogP contribution in [0.3, 0.4) is 0 Å². The molecule has 1 nitrogen and oxygen atoms in total. The lowest BCUT2D eigenvalue weighted by atomic mass is 9.61. The minimum absolute atomic E-state index is 0.519. The van der Waals surface area contributed by atoms with Crippen molar-refractivity contribution in [3.8, 4) is 0 Å². The van der Waals surface area contributed by atoms with Crippen molar-refractivity contribution in [1.29, 1.82) is 0 Å². The Morgan fingerprint density at radius 1 is 1.54 bits per heavy atom. The van der Waals surface area contributed by atoms with Gasteiger partial charge in [-0.2, -0.15) is 0 Å². The molecule has 0 saturated heterocycles. The summed E-state index contributed by atoms with van der Waals surface area (Å²) >= 11 is 0. The minimum atomic E-state index is 0.519. The van der Waals surface area contributed by atoms with Gasteiger partial charge in [-0.25, -0.2) is 0 Å². The zero-order valence-corrected chi connectivity index (χ0v) is 8.38. The number of fused-ring (bicyclic) bond motifs is 1. The molecule has 13 heavy (non-hydrogen) atoms. The van der Waals surface area contributed by atoms with Crippen LogP contribution in [0, 0.1) is 11.3 Å². The average molecular weight is 178 g/mol. The molecule has 0 aromatic heterocycles. The van der Waals surface area contributed by atoms with Gasteiger partial charge in [-0.3, -0.25) is 4.79 Å². The number of hydrogen-bond acceptors (Lipinski definition) is 1. The number of rotatable bonds is 1. The highest BCUT2D eigenvalue weighted by atomic mass is 16.1. The smallest absolute Gasteiger partial charge is 0.145 e. The maximum atomic E-state index is 10.7. The highest BCUT2D eigenvalue weighted by molar-refractivity contribution is 5.73. The fourth-order valence-electron chi connectivity index (χ4n) is 2.92. The van der Waals surface area contributed by atoms with E-state index in [9.17, 15) is 4.79 Å². The van der Waals surface area contributed by atoms with Gasteiger partial charge in [0.1, 0.15) is 6.29 Å². The van der Waals surface area contributed by atoms with E-state index in [0.29, 0.717) is 5.41 Å². The van der Waals surface area contributed by atoms with Crippen LogP contribution in [0.4, 0.5) is 0 Å². The fourth-order valence-corrected chi connectivity index (χ4v) is 2.92. The second kappa shape index (κ2) is 3.28.